The van der Waals surface area contributed by atoms with Gasteiger partial charge in [0.1, 0.15) is 12.5 Å². The summed E-state index contributed by atoms with van der Waals surface area (Å²) in [6.45, 7) is 2.25. The number of phosphoric acid groups is 1. The van der Waals surface area contributed by atoms with Crippen LogP contribution in [0.1, 0.15) is 36.4 Å². The first kappa shape index (κ1) is 27.3. The minimum atomic E-state index is -4.58. The fourth-order valence-corrected chi connectivity index (χ4v) is 4.89. The zero-order valence-electron chi connectivity index (χ0n) is 20.1. The lowest BCUT2D eigenvalue weighted by molar-refractivity contribution is -0.0401. The molecule has 2 aromatic rings. The minimum Gasteiger partial charge on any atom is -0.351 e. The van der Waals surface area contributed by atoms with Crippen molar-refractivity contribution in [2.75, 3.05) is 13.2 Å². The Morgan fingerprint density at radius 3 is 1.65 bits per heavy atom. The standard InChI is InChI=1S/C20H29N6O10P/c1-9-5-25(19(29)23-17(9)27)15-3-11(21)13(35-15)7-33-37(31,32)34-8-14-12(22)4-16(36-14)26-6-10(2)18(28)24-20(26)30/h5-6,11-16H,3-4,7-8,21-22H2,1-2H3,(H,31,32)(H,23,27,29)(H,24,28,30)/t11-,12-,13+,14+,15+,16+/m0/s1. The zero-order valence-corrected chi connectivity index (χ0v) is 21.0. The molecule has 2 aliphatic rings. The maximum atomic E-state index is 12.4. The van der Waals surface area contributed by atoms with E-state index < -0.39 is 80.3 Å². The zero-order chi connectivity index (χ0) is 27.1. The lowest BCUT2D eigenvalue weighted by Crippen LogP contribution is -2.35. The van der Waals surface area contributed by atoms with E-state index in [1.807, 2.05) is 0 Å². The van der Waals surface area contributed by atoms with E-state index in [4.69, 9.17) is 30.0 Å². The molecule has 0 bridgehead atoms. The Morgan fingerprint density at radius 1 is 0.892 bits per heavy atom. The molecule has 4 rings (SSSR count). The van der Waals surface area contributed by atoms with Crippen molar-refractivity contribution < 1.29 is 28.0 Å². The van der Waals surface area contributed by atoms with Gasteiger partial charge < -0.3 is 25.8 Å². The van der Waals surface area contributed by atoms with E-state index >= 15 is 0 Å². The molecule has 0 aliphatic carbocycles. The summed E-state index contributed by atoms with van der Waals surface area (Å²) in [6.07, 6.45) is -0.168. The molecule has 0 unspecified atom stereocenters. The van der Waals surface area contributed by atoms with Crippen LogP contribution in [0.3, 0.4) is 0 Å². The van der Waals surface area contributed by atoms with Crippen molar-refractivity contribution in [1.29, 1.82) is 0 Å². The van der Waals surface area contributed by atoms with E-state index in [2.05, 4.69) is 9.97 Å². The van der Waals surface area contributed by atoms with Crippen molar-refractivity contribution in [3.05, 3.63) is 65.2 Å². The highest BCUT2D eigenvalue weighted by molar-refractivity contribution is 7.47. The van der Waals surface area contributed by atoms with Crippen molar-refractivity contribution in [3.8, 4) is 0 Å². The summed E-state index contributed by atoms with van der Waals surface area (Å²) in [5.41, 5.74) is 10.4. The highest BCUT2D eigenvalue weighted by atomic mass is 31.2. The van der Waals surface area contributed by atoms with E-state index in [0.717, 1.165) is 0 Å². The average Bonchev–Trinajstić information content (AvgIpc) is 3.38. The van der Waals surface area contributed by atoms with E-state index in [-0.39, 0.29) is 12.8 Å². The van der Waals surface area contributed by atoms with Crippen molar-refractivity contribution in [1.82, 2.24) is 19.1 Å². The molecule has 0 aromatic carbocycles. The molecule has 2 aromatic heterocycles. The predicted molar refractivity (Wildman–Crippen MR) is 127 cm³/mol. The van der Waals surface area contributed by atoms with Gasteiger partial charge in [-0.1, -0.05) is 0 Å². The van der Waals surface area contributed by atoms with Gasteiger partial charge in [-0.2, -0.15) is 0 Å². The highest BCUT2D eigenvalue weighted by Crippen LogP contribution is 2.45. The van der Waals surface area contributed by atoms with Gasteiger partial charge in [-0.15, -0.1) is 0 Å². The maximum absolute atomic E-state index is 12.4. The molecule has 17 heteroatoms. The number of ether oxygens (including phenoxy) is 2. The van der Waals surface area contributed by atoms with E-state index in [0.29, 0.717) is 11.1 Å². The van der Waals surface area contributed by atoms with Crippen LogP contribution in [0.4, 0.5) is 0 Å². The fraction of sp³-hybridized carbons (Fsp3) is 0.600. The molecule has 2 saturated heterocycles. The molecule has 0 radical (unpaired) electrons. The molecule has 2 aliphatic heterocycles. The number of H-pyrrole nitrogens is 2. The van der Waals surface area contributed by atoms with Crippen LogP contribution in [-0.2, 0) is 23.1 Å². The van der Waals surface area contributed by atoms with E-state index in [1.165, 1.54) is 35.4 Å². The smallest absolute Gasteiger partial charge is 0.351 e. The number of hydrogen-bond acceptors (Lipinski definition) is 11. The third kappa shape index (κ3) is 6.08. The maximum Gasteiger partial charge on any atom is 0.472 e. The Morgan fingerprint density at radius 2 is 1.27 bits per heavy atom. The number of phosphoric ester groups is 1. The Kier molecular flexibility index (Phi) is 7.83. The van der Waals surface area contributed by atoms with Gasteiger partial charge in [0.15, 0.2) is 0 Å². The summed E-state index contributed by atoms with van der Waals surface area (Å²) < 4.78 is 36.3. The summed E-state index contributed by atoms with van der Waals surface area (Å²) in [5, 5.41) is 0. The van der Waals surface area contributed by atoms with Crippen molar-refractivity contribution in [3.63, 3.8) is 0 Å². The molecule has 37 heavy (non-hydrogen) atoms. The molecule has 16 nitrogen and oxygen atoms in total. The van der Waals surface area contributed by atoms with Gasteiger partial charge in [0.2, 0.25) is 0 Å². The first-order valence-electron chi connectivity index (χ1n) is 11.4. The lowest BCUT2D eigenvalue weighted by Gasteiger charge is -2.21. The van der Waals surface area contributed by atoms with Gasteiger partial charge in [0.05, 0.1) is 25.4 Å². The van der Waals surface area contributed by atoms with Gasteiger partial charge in [0, 0.05) is 48.4 Å². The highest BCUT2D eigenvalue weighted by Gasteiger charge is 2.39. The van der Waals surface area contributed by atoms with Crippen molar-refractivity contribution in [2.45, 2.75) is 63.4 Å². The molecule has 4 heterocycles. The number of aryl methyl sites for hydroxylation is 2. The number of hydrogen-bond donors (Lipinski definition) is 5. The molecule has 0 spiro atoms. The van der Waals surface area contributed by atoms with Crippen molar-refractivity contribution >= 4 is 7.82 Å². The number of rotatable bonds is 8. The van der Waals surface area contributed by atoms with Crippen LogP contribution in [0, 0.1) is 13.8 Å². The minimum absolute atomic E-state index is 0.200. The van der Waals surface area contributed by atoms with Crippen LogP contribution in [0.5, 0.6) is 0 Å². The third-order valence-corrected chi connectivity index (χ3v) is 7.23. The van der Waals surface area contributed by atoms with Crippen LogP contribution >= 0.6 is 7.82 Å². The Balaban J connectivity index is 1.31. The molecule has 0 amide bonds. The summed E-state index contributed by atoms with van der Waals surface area (Å²) in [7, 11) is -4.58. The molecule has 6 atom stereocenters. The van der Waals surface area contributed by atoms with E-state index in [9.17, 15) is 28.6 Å². The molecular formula is C20H29N6O10P. The summed E-state index contributed by atoms with van der Waals surface area (Å²) in [5.74, 6) is 0. The summed E-state index contributed by atoms with van der Waals surface area (Å²) in [4.78, 5) is 61.9. The third-order valence-electron chi connectivity index (χ3n) is 6.28. The van der Waals surface area contributed by atoms with Crippen LogP contribution in [-0.4, -0.2) is 61.5 Å². The first-order valence-corrected chi connectivity index (χ1v) is 12.9. The fourth-order valence-electron chi connectivity index (χ4n) is 4.14. The number of nitrogens with one attached hydrogen (secondary N) is 2. The lowest BCUT2D eigenvalue weighted by atomic mass is 10.1. The number of nitrogens with two attached hydrogens (primary N) is 2. The number of nitrogens with zero attached hydrogens (tertiary/aromatic N) is 2. The van der Waals surface area contributed by atoms with Crippen molar-refractivity contribution in [2.24, 2.45) is 11.5 Å². The normalized spacial score (nSPS) is 28.1. The molecular weight excluding hydrogens is 515 g/mol. The Hall–Kier alpha value is -2.69. The molecule has 204 valence electrons. The van der Waals surface area contributed by atoms with Gasteiger partial charge >= 0.3 is 19.2 Å². The Labute approximate surface area is 208 Å². The number of aromatic amines is 2. The van der Waals surface area contributed by atoms with Crippen LogP contribution < -0.4 is 34.0 Å². The van der Waals surface area contributed by atoms with Crippen LogP contribution in [0.2, 0.25) is 0 Å². The molecule has 7 N–H and O–H groups in total. The SMILES string of the molecule is Cc1cn([C@H]2C[C@H](N)[C@@H](COP(=O)(O)OC[C@H]3O[C@@H](n4cc(C)c(=O)[nH]c4=O)C[C@@H]3N)O2)c(=O)[nH]c1=O. The topological polar surface area (TPSA) is 236 Å². The monoisotopic (exact) mass is 544 g/mol. The van der Waals surface area contributed by atoms with Crippen LogP contribution in [0.25, 0.3) is 0 Å². The summed E-state index contributed by atoms with van der Waals surface area (Å²) >= 11 is 0. The number of aromatic nitrogens is 4. The summed E-state index contributed by atoms with van der Waals surface area (Å²) in [6, 6.07) is -1.26. The first-order chi connectivity index (χ1) is 17.3. The second-order valence-corrected chi connectivity index (χ2v) is 10.5. The average molecular weight is 544 g/mol. The van der Waals surface area contributed by atoms with Gasteiger partial charge in [-0.05, 0) is 13.8 Å². The quantitative estimate of drug-likeness (QED) is 0.228. The second-order valence-electron chi connectivity index (χ2n) is 9.07. The molecule has 0 saturated carbocycles. The van der Waals surface area contributed by atoms with E-state index in [1.54, 1.807) is 0 Å². The van der Waals surface area contributed by atoms with Gasteiger partial charge in [0.25, 0.3) is 11.1 Å². The molecule has 2 fully saturated rings. The van der Waals surface area contributed by atoms with Crippen LogP contribution in [0.15, 0.2) is 31.6 Å². The van der Waals surface area contributed by atoms with Gasteiger partial charge in [-0.3, -0.25) is 37.7 Å². The second kappa shape index (κ2) is 10.6. The Bertz CT molecular complexity index is 1330. The largest absolute Gasteiger partial charge is 0.472 e. The predicted octanol–water partition coefficient (Wildman–Crippen LogP) is -1.93. The van der Waals surface area contributed by atoms with Gasteiger partial charge in [-0.25, -0.2) is 14.2 Å².